The molecule has 1 aliphatic rings. The molecule has 15 heavy (non-hydrogen) atoms. The number of rotatable bonds is 5. The van der Waals surface area contributed by atoms with Gasteiger partial charge in [-0.05, 0) is 35.2 Å². The number of thiophene rings is 1. The summed E-state index contributed by atoms with van der Waals surface area (Å²) < 4.78 is 5.75. The van der Waals surface area contributed by atoms with Crippen molar-refractivity contribution in [3.63, 3.8) is 0 Å². The second-order valence-electron chi connectivity index (χ2n) is 3.96. The van der Waals surface area contributed by atoms with Gasteiger partial charge in [0.05, 0.1) is 12.2 Å². The molecule has 84 valence electrons. The van der Waals surface area contributed by atoms with Gasteiger partial charge in [0.25, 0.3) is 0 Å². The Morgan fingerprint density at radius 2 is 2.33 bits per heavy atom. The largest absolute Gasteiger partial charge is 0.372 e. The van der Waals surface area contributed by atoms with E-state index >= 15 is 0 Å². The molecule has 1 aliphatic heterocycles. The van der Waals surface area contributed by atoms with E-state index in [1.807, 2.05) is 0 Å². The number of nitrogens with two attached hydrogens (primary N) is 1. The molecule has 3 nitrogen and oxygen atoms in total. The van der Waals surface area contributed by atoms with Crippen molar-refractivity contribution in [2.75, 3.05) is 13.1 Å². The van der Waals surface area contributed by atoms with Crippen molar-refractivity contribution < 1.29 is 4.74 Å². The van der Waals surface area contributed by atoms with Gasteiger partial charge in [0.2, 0.25) is 0 Å². The van der Waals surface area contributed by atoms with Crippen LogP contribution in [-0.2, 0) is 11.3 Å². The molecule has 2 heterocycles. The molecule has 0 amide bonds. The average molecular weight is 226 g/mol. The first kappa shape index (κ1) is 11.1. The molecule has 1 aromatic heterocycles. The van der Waals surface area contributed by atoms with Gasteiger partial charge in [0, 0.05) is 19.6 Å². The predicted molar refractivity (Wildman–Crippen MR) is 63.0 cm³/mol. The summed E-state index contributed by atoms with van der Waals surface area (Å²) in [5.74, 6) is 0. The summed E-state index contributed by atoms with van der Waals surface area (Å²) in [5.41, 5.74) is 6.91. The zero-order valence-electron chi connectivity index (χ0n) is 8.82. The lowest BCUT2D eigenvalue weighted by molar-refractivity contribution is 0.0503. The van der Waals surface area contributed by atoms with Gasteiger partial charge in [-0.15, -0.1) is 0 Å². The molecular formula is C11H18N2OS. The third-order valence-electron chi connectivity index (χ3n) is 2.74. The average Bonchev–Trinajstić information content (AvgIpc) is 2.88. The maximum atomic E-state index is 5.75. The van der Waals surface area contributed by atoms with Crippen molar-refractivity contribution in [3.8, 4) is 0 Å². The summed E-state index contributed by atoms with van der Waals surface area (Å²) >= 11 is 1.74. The number of nitrogens with one attached hydrogen (secondary N) is 1. The Morgan fingerprint density at radius 1 is 1.47 bits per heavy atom. The minimum atomic E-state index is 0.290. The Bertz CT molecular complexity index is 276. The first-order chi connectivity index (χ1) is 7.38. The van der Waals surface area contributed by atoms with Crippen LogP contribution in [0.15, 0.2) is 16.8 Å². The minimum absolute atomic E-state index is 0.290. The third-order valence-corrected chi connectivity index (χ3v) is 3.47. The van der Waals surface area contributed by atoms with Crippen LogP contribution in [0.3, 0.4) is 0 Å². The van der Waals surface area contributed by atoms with E-state index in [2.05, 4.69) is 22.1 Å². The highest BCUT2D eigenvalue weighted by Crippen LogP contribution is 2.18. The van der Waals surface area contributed by atoms with Gasteiger partial charge in [-0.3, -0.25) is 0 Å². The topological polar surface area (TPSA) is 47.3 Å². The van der Waals surface area contributed by atoms with Gasteiger partial charge in [0.15, 0.2) is 0 Å². The second-order valence-corrected chi connectivity index (χ2v) is 4.74. The molecule has 0 saturated carbocycles. The van der Waals surface area contributed by atoms with Gasteiger partial charge in [-0.2, -0.15) is 11.3 Å². The number of hydrogen-bond donors (Lipinski definition) is 2. The van der Waals surface area contributed by atoms with Crippen LogP contribution in [0.4, 0.5) is 0 Å². The van der Waals surface area contributed by atoms with Crippen LogP contribution in [0.5, 0.6) is 0 Å². The summed E-state index contributed by atoms with van der Waals surface area (Å²) in [6.45, 7) is 2.53. The molecule has 0 bridgehead atoms. The quantitative estimate of drug-likeness (QED) is 0.796. The van der Waals surface area contributed by atoms with Gasteiger partial charge >= 0.3 is 0 Å². The summed E-state index contributed by atoms with van der Waals surface area (Å²) in [6, 6.07) is 2.15. The summed E-state index contributed by atoms with van der Waals surface area (Å²) in [6.07, 6.45) is 2.90. The van der Waals surface area contributed by atoms with E-state index in [1.54, 1.807) is 11.3 Å². The van der Waals surface area contributed by atoms with Crippen LogP contribution in [0.2, 0.25) is 0 Å². The van der Waals surface area contributed by atoms with Gasteiger partial charge in [-0.25, -0.2) is 0 Å². The van der Waals surface area contributed by atoms with E-state index < -0.39 is 0 Å². The fourth-order valence-electron chi connectivity index (χ4n) is 1.87. The molecule has 2 rings (SSSR count). The Kier molecular flexibility index (Phi) is 4.14. The van der Waals surface area contributed by atoms with Crippen molar-refractivity contribution in [3.05, 3.63) is 22.4 Å². The van der Waals surface area contributed by atoms with E-state index in [0.29, 0.717) is 12.6 Å². The lowest BCUT2D eigenvalue weighted by Gasteiger charge is -2.12. The number of ether oxygens (including phenoxy) is 1. The van der Waals surface area contributed by atoms with Gasteiger partial charge < -0.3 is 15.8 Å². The molecule has 1 fully saturated rings. The SMILES string of the molecule is NCC1CCC(CNCc2ccsc2)O1. The van der Waals surface area contributed by atoms with E-state index in [-0.39, 0.29) is 6.10 Å². The normalized spacial score (nSPS) is 25.9. The molecule has 4 heteroatoms. The van der Waals surface area contributed by atoms with E-state index in [4.69, 9.17) is 10.5 Å². The van der Waals surface area contributed by atoms with Crippen molar-refractivity contribution in [2.24, 2.45) is 5.73 Å². The van der Waals surface area contributed by atoms with Crippen molar-refractivity contribution in [1.29, 1.82) is 0 Å². The lowest BCUT2D eigenvalue weighted by atomic mass is 10.2. The second kappa shape index (κ2) is 5.61. The zero-order chi connectivity index (χ0) is 10.5. The smallest absolute Gasteiger partial charge is 0.0704 e. The van der Waals surface area contributed by atoms with Crippen LogP contribution in [0, 0.1) is 0 Å². The van der Waals surface area contributed by atoms with E-state index in [9.17, 15) is 0 Å². The molecule has 0 spiro atoms. The predicted octanol–water partition coefficient (Wildman–Crippen LogP) is 1.34. The minimum Gasteiger partial charge on any atom is -0.372 e. The van der Waals surface area contributed by atoms with Crippen molar-refractivity contribution >= 4 is 11.3 Å². The molecule has 0 aliphatic carbocycles. The molecule has 1 aromatic rings. The Morgan fingerprint density at radius 3 is 3.00 bits per heavy atom. The maximum Gasteiger partial charge on any atom is 0.0704 e. The molecule has 2 atom stereocenters. The molecule has 2 unspecified atom stereocenters. The Hall–Kier alpha value is -0.420. The highest BCUT2D eigenvalue weighted by atomic mass is 32.1. The Labute approximate surface area is 94.6 Å². The van der Waals surface area contributed by atoms with Crippen LogP contribution >= 0.6 is 11.3 Å². The molecule has 3 N–H and O–H groups in total. The van der Waals surface area contributed by atoms with Crippen LogP contribution in [0.1, 0.15) is 18.4 Å². The van der Waals surface area contributed by atoms with Crippen LogP contribution in [0.25, 0.3) is 0 Å². The fourth-order valence-corrected chi connectivity index (χ4v) is 2.54. The van der Waals surface area contributed by atoms with E-state index in [0.717, 1.165) is 25.9 Å². The first-order valence-corrected chi connectivity index (χ1v) is 6.40. The molecule has 1 saturated heterocycles. The van der Waals surface area contributed by atoms with Crippen LogP contribution < -0.4 is 11.1 Å². The first-order valence-electron chi connectivity index (χ1n) is 5.46. The lowest BCUT2D eigenvalue weighted by Crippen LogP contribution is -2.28. The van der Waals surface area contributed by atoms with Crippen LogP contribution in [-0.4, -0.2) is 25.3 Å². The summed E-state index contributed by atoms with van der Waals surface area (Å²) in [7, 11) is 0. The highest BCUT2D eigenvalue weighted by Gasteiger charge is 2.23. The summed E-state index contributed by atoms with van der Waals surface area (Å²) in [5, 5.41) is 7.69. The standard InChI is InChI=1S/C11H18N2OS/c12-5-10-1-2-11(14-10)7-13-6-9-3-4-15-8-9/h3-4,8,10-11,13H,1-2,5-7,12H2. The summed E-state index contributed by atoms with van der Waals surface area (Å²) in [4.78, 5) is 0. The van der Waals surface area contributed by atoms with Gasteiger partial charge in [0.1, 0.15) is 0 Å². The van der Waals surface area contributed by atoms with Crippen molar-refractivity contribution in [2.45, 2.75) is 31.6 Å². The van der Waals surface area contributed by atoms with Crippen molar-refractivity contribution in [1.82, 2.24) is 5.32 Å². The number of hydrogen-bond acceptors (Lipinski definition) is 4. The Balaban J connectivity index is 1.63. The molecular weight excluding hydrogens is 208 g/mol. The highest BCUT2D eigenvalue weighted by molar-refractivity contribution is 7.07. The van der Waals surface area contributed by atoms with E-state index in [1.165, 1.54) is 5.56 Å². The molecule has 0 aromatic carbocycles. The fraction of sp³-hybridized carbons (Fsp3) is 0.636. The monoisotopic (exact) mass is 226 g/mol. The van der Waals surface area contributed by atoms with Gasteiger partial charge in [-0.1, -0.05) is 0 Å². The third kappa shape index (κ3) is 3.28. The maximum absolute atomic E-state index is 5.75. The zero-order valence-corrected chi connectivity index (χ0v) is 9.63. The molecule has 0 radical (unpaired) electrons.